The minimum atomic E-state index is -0.802. The first-order valence-corrected chi connectivity index (χ1v) is 14.0. The van der Waals surface area contributed by atoms with Crippen LogP contribution in [0.5, 0.6) is 0 Å². The van der Waals surface area contributed by atoms with Gasteiger partial charge in [0, 0.05) is 29.0 Å². The third-order valence-electron chi connectivity index (χ3n) is 7.34. The molecule has 3 N–H and O–H groups in total. The van der Waals surface area contributed by atoms with Crippen LogP contribution in [0.2, 0.25) is 5.02 Å². The summed E-state index contributed by atoms with van der Waals surface area (Å²) in [5.41, 5.74) is 9.07. The van der Waals surface area contributed by atoms with Crippen LogP contribution in [-0.4, -0.2) is 34.6 Å². The summed E-state index contributed by atoms with van der Waals surface area (Å²) in [6.45, 7) is 1.84. The maximum Gasteiger partial charge on any atom is 0.328 e. The van der Waals surface area contributed by atoms with Crippen LogP contribution >= 0.6 is 23.2 Å². The van der Waals surface area contributed by atoms with E-state index in [0.717, 1.165) is 11.1 Å². The molecule has 0 saturated heterocycles. The van der Waals surface area contributed by atoms with Crippen LogP contribution in [0, 0.1) is 5.92 Å². The Bertz CT molecular complexity index is 1560. The molecule has 3 heterocycles. The Hall–Kier alpha value is -3.86. The molecular formula is C29H30Cl2N6O4. The van der Waals surface area contributed by atoms with E-state index in [0.29, 0.717) is 46.4 Å². The number of fused-ring (bicyclic) bond motifs is 2. The molecule has 214 valence electrons. The van der Waals surface area contributed by atoms with Crippen molar-refractivity contribution in [3.05, 3.63) is 92.7 Å². The molecular weight excluding hydrogens is 567 g/mol. The first kappa shape index (κ1) is 28.7. The van der Waals surface area contributed by atoms with E-state index in [1.807, 2.05) is 37.3 Å². The van der Waals surface area contributed by atoms with E-state index in [-0.39, 0.29) is 29.8 Å². The molecule has 0 saturated carbocycles. The summed E-state index contributed by atoms with van der Waals surface area (Å²) < 4.78 is 6.56. The number of amides is 1. The standard InChI is InChI=1S/C29H30Cl2N6O4/c1-17-5-3-8-24(19-7-4-6-18(11-19)12-23(29(40)41-2)33-28(17)39)36-16-32-22(14-27(36)38)21-13-20(30)9-10-25(21)37-15-26(31)34-35-37/h4,6-7,9-11,13-17,23-24,34-35H,3,5,8,12H2,1-2H3,(H,33,39)/t17-,23-,24+/m1/s1. The molecule has 0 aliphatic carbocycles. The number of hydrazine groups is 2. The molecule has 0 spiro atoms. The molecule has 3 atom stereocenters. The molecule has 0 unspecified atom stereocenters. The highest BCUT2D eigenvalue weighted by Gasteiger charge is 2.27. The molecule has 2 aliphatic rings. The second kappa shape index (κ2) is 12.3. The third kappa shape index (κ3) is 6.40. The number of hydrogen-bond donors (Lipinski definition) is 3. The second-order valence-electron chi connectivity index (χ2n) is 10.1. The van der Waals surface area contributed by atoms with Crippen LogP contribution in [0.1, 0.15) is 43.4 Å². The van der Waals surface area contributed by atoms with Gasteiger partial charge in [0.2, 0.25) is 5.91 Å². The Kier molecular flexibility index (Phi) is 8.63. The van der Waals surface area contributed by atoms with Crippen LogP contribution in [0.15, 0.2) is 71.0 Å². The fourth-order valence-electron chi connectivity index (χ4n) is 5.16. The van der Waals surface area contributed by atoms with E-state index < -0.39 is 12.0 Å². The average Bonchev–Trinajstić information content (AvgIpc) is 3.40. The van der Waals surface area contributed by atoms with Gasteiger partial charge in [-0.05, 0) is 42.2 Å². The van der Waals surface area contributed by atoms with Gasteiger partial charge in [-0.1, -0.05) is 60.8 Å². The van der Waals surface area contributed by atoms with Crippen molar-refractivity contribution < 1.29 is 14.3 Å². The molecule has 1 aromatic heterocycles. The van der Waals surface area contributed by atoms with Crippen LogP contribution in [-0.2, 0) is 20.7 Å². The van der Waals surface area contributed by atoms with Crippen molar-refractivity contribution in [2.24, 2.45) is 5.92 Å². The van der Waals surface area contributed by atoms with Crippen molar-refractivity contribution in [2.75, 3.05) is 12.1 Å². The molecule has 0 fully saturated rings. The Labute approximate surface area is 247 Å². The van der Waals surface area contributed by atoms with Crippen molar-refractivity contribution >= 4 is 40.8 Å². The summed E-state index contributed by atoms with van der Waals surface area (Å²) in [6, 6.07) is 13.4. The number of hydrogen-bond acceptors (Lipinski definition) is 8. The van der Waals surface area contributed by atoms with E-state index in [4.69, 9.17) is 27.9 Å². The maximum atomic E-state index is 13.6. The number of halogens is 2. The average molecular weight is 598 g/mol. The number of nitrogens with zero attached hydrogens (tertiary/aromatic N) is 3. The highest BCUT2D eigenvalue weighted by atomic mass is 35.5. The van der Waals surface area contributed by atoms with Crippen molar-refractivity contribution in [3.63, 3.8) is 0 Å². The first-order chi connectivity index (χ1) is 19.7. The van der Waals surface area contributed by atoms with Crippen molar-refractivity contribution in [3.8, 4) is 11.3 Å². The van der Waals surface area contributed by atoms with Crippen LogP contribution in [0.4, 0.5) is 5.69 Å². The SMILES string of the molecule is COC(=O)[C@H]1Cc2cccc(c2)[C@@H](n2cnc(-c3cc(Cl)ccc3N3C=C(Cl)NN3)cc2=O)CCC[C@@H](C)C(=O)N1. The third-order valence-corrected chi connectivity index (χ3v) is 7.77. The molecule has 10 nitrogen and oxygen atoms in total. The Morgan fingerprint density at radius 1 is 1.10 bits per heavy atom. The fourth-order valence-corrected chi connectivity index (χ4v) is 5.48. The normalized spacial score (nSPS) is 21.2. The monoisotopic (exact) mass is 596 g/mol. The zero-order valence-electron chi connectivity index (χ0n) is 22.6. The number of esters is 1. The number of methoxy groups -OCH3 is 1. The summed E-state index contributed by atoms with van der Waals surface area (Å²) >= 11 is 12.4. The molecule has 41 heavy (non-hydrogen) atoms. The van der Waals surface area contributed by atoms with E-state index in [1.165, 1.54) is 13.2 Å². The van der Waals surface area contributed by atoms with Gasteiger partial charge in [-0.25, -0.2) is 9.78 Å². The number of ether oxygens (including phenoxy) is 1. The van der Waals surface area contributed by atoms with Gasteiger partial charge in [0.15, 0.2) is 0 Å². The summed E-state index contributed by atoms with van der Waals surface area (Å²) in [7, 11) is 1.31. The lowest BCUT2D eigenvalue weighted by molar-refractivity contribution is -0.145. The molecule has 5 rings (SSSR count). The molecule has 2 aliphatic heterocycles. The number of carbonyl (C=O) groups excluding carboxylic acids is 2. The lowest BCUT2D eigenvalue weighted by Crippen LogP contribution is -2.45. The van der Waals surface area contributed by atoms with Crippen LogP contribution < -0.4 is 26.8 Å². The van der Waals surface area contributed by atoms with Gasteiger partial charge in [0.05, 0.1) is 37.1 Å². The smallest absolute Gasteiger partial charge is 0.328 e. The minimum Gasteiger partial charge on any atom is -0.467 e. The summed E-state index contributed by atoms with van der Waals surface area (Å²) in [4.78, 5) is 43.6. The van der Waals surface area contributed by atoms with E-state index >= 15 is 0 Å². The highest BCUT2D eigenvalue weighted by molar-refractivity contribution is 6.31. The fraction of sp³-hybridized carbons (Fsp3) is 0.310. The summed E-state index contributed by atoms with van der Waals surface area (Å²) in [5, 5.41) is 5.42. The second-order valence-corrected chi connectivity index (χ2v) is 11.0. The van der Waals surface area contributed by atoms with Gasteiger partial charge in [-0.3, -0.25) is 24.6 Å². The highest BCUT2D eigenvalue weighted by Crippen LogP contribution is 2.33. The first-order valence-electron chi connectivity index (χ1n) is 13.3. The van der Waals surface area contributed by atoms with Crippen LogP contribution in [0.3, 0.4) is 0 Å². The lowest BCUT2D eigenvalue weighted by atomic mass is 9.93. The largest absolute Gasteiger partial charge is 0.467 e. The van der Waals surface area contributed by atoms with Gasteiger partial charge in [-0.2, -0.15) is 0 Å². The number of aromatic nitrogens is 2. The maximum absolute atomic E-state index is 13.6. The predicted octanol–water partition coefficient (Wildman–Crippen LogP) is 4.04. The molecule has 0 radical (unpaired) electrons. The molecule has 2 aromatic carbocycles. The Morgan fingerprint density at radius 2 is 1.93 bits per heavy atom. The Balaban J connectivity index is 1.52. The molecule has 1 amide bonds. The van der Waals surface area contributed by atoms with Gasteiger partial charge in [0.1, 0.15) is 11.2 Å². The molecule has 12 heteroatoms. The van der Waals surface area contributed by atoms with E-state index in [9.17, 15) is 14.4 Å². The number of anilines is 1. The number of nitrogens with one attached hydrogen (secondary N) is 3. The van der Waals surface area contributed by atoms with Gasteiger partial charge in [-0.15, -0.1) is 5.53 Å². The quantitative estimate of drug-likeness (QED) is 0.305. The lowest BCUT2D eigenvalue weighted by Gasteiger charge is -2.25. The summed E-state index contributed by atoms with van der Waals surface area (Å²) in [5.74, 6) is -1.01. The van der Waals surface area contributed by atoms with Gasteiger partial charge >= 0.3 is 5.97 Å². The minimum absolute atomic E-state index is 0.201. The predicted molar refractivity (Wildman–Crippen MR) is 157 cm³/mol. The number of benzene rings is 2. The van der Waals surface area contributed by atoms with Crippen molar-refractivity contribution in [2.45, 2.75) is 44.7 Å². The Morgan fingerprint density at radius 3 is 2.66 bits per heavy atom. The van der Waals surface area contributed by atoms with Gasteiger partial charge < -0.3 is 10.1 Å². The molecule has 2 bridgehead atoms. The van der Waals surface area contributed by atoms with E-state index in [2.05, 4.69) is 21.3 Å². The zero-order valence-corrected chi connectivity index (χ0v) is 24.1. The summed E-state index contributed by atoms with van der Waals surface area (Å²) in [6.07, 6.45) is 5.39. The van der Waals surface area contributed by atoms with E-state index in [1.54, 1.807) is 34.2 Å². The van der Waals surface area contributed by atoms with Gasteiger partial charge in [0.25, 0.3) is 5.56 Å². The molecule has 3 aromatic rings. The number of carbonyl (C=O) groups is 2. The van der Waals surface area contributed by atoms with Crippen molar-refractivity contribution in [1.29, 1.82) is 0 Å². The number of rotatable bonds is 4. The zero-order chi connectivity index (χ0) is 29.1. The van der Waals surface area contributed by atoms with Crippen LogP contribution in [0.25, 0.3) is 11.3 Å². The topological polar surface area (TPSA) is 118 Å². The van der Waals surface area contributed by atoms with Crippen molar-refractivity contribution in [1.82, 2.24) is 25.8 Å².